The van der Waals surface area contributed by atoms with Crippen molar-refractivity contribution < 1.29 is 29.0 Å². The smallest absolute Gasteiger partial charge is 0.310 e. The lowest BCUT2D eigenvalue weighted by Gasteiger charge is -2.00. The molecule has 0 unspecified atom stereocenters. The van der Waals surface area contributed by atoms with Crippen molar-refractivity contribution in [3.63, 3.8) is 0 Å². The summed E-state index contributed by atoms with van der Waals surface area (Å²) in [6, 6.07) is 5.72. The van der Waals surface area contributed by atoms with Crippen molar-refractivity contribution in [2.24, 2.45) is 0 Å². The molecule has 1 aromatic heterocycles. The average molecular weight is 772 g/mol. The number of rotatable bonds is 29. The maximum Gasteiger partial charge on any atom is 0.310 e. The van der Waals surface area contributed by atoms with Gasteiger partial charge in [-0.05, 0) is 89.2 Å². The Morgan fingerprint density at radius 3 is 1.05 bits per heavy atom. The van der Waals surface area contributed by atoms with Gasteiger partial charge in [0, 0.05) is 39.8 Å². The molecule has 1 aromatic rings. The van der Waals surface area contributed by atoms with Crippen molar-refractivity contribution in [3.05, 3.63) is 79.2 Å². The third kappa shape index (κ3) is 69.1. The largest absolute Gasteiger partial charge is 0.466 e. The molecule has 0 bridgehead atoms. The molecule has 0 spiro atoms. The van der Waals surface area contributed by atoms with E-state index in [0.717, 1.165) is 19.3 Å². The molecule has 7 nitrogen and oxygen atoms in total. The van der Waals surface area contributed by atoms with E-state index < -0.39 is 11.9 Å². The first-order chi connectivity index (χ1) is 26.3. The molecule has 0 aliphatic rings. The molecule has 55 heavy (non-hydrogen) atoms. The van der Waals surface area contributed by atoms with Gasteiger partial charge in [-0.3, -0.25) is 19.4 Å². The number of carbonyl (C=O) groups is 3. The highest BCUT2D eigenvalue weighted by atomic mass is 16.6. The molecule has 0 aromatic carbocycles. The number of ether oxygens (including phenoxy) is 2. The Labute approximate surface area is 339 Å². The zero-order chi connectivity index (χ0) is 40.4. The van der Waals surface area contributed by atoms with E-state index in [1.165, 1.54) is 156 Å². The van der Waals surface area contributed by atoms with E-state index in [2.05, 4.69) is 72.2 Å². The number of aliphatic hydroxyl groups is 1. The summed E-state index contributed by atoms with van der Waals surface area (Å²) in [6.45, 7) is 9.10. The van der Waals surface area contributed by atoms with Gasteiger partial charge in [-0.1, -0.05) is 153 Å². The fourth-order valence-electron chi connectivity index (χ4n) is 4.91. The highest BCUT2D eigenvalue weighted by molar-refractivity contribution is 5.82. The van der Waals surface area contributed by atoms with Crippen LogP contribution in [0.15, 0.2) is 79.2 Å². The molecular formula is C48H85NO6. The van der Waals surface area contributed by atoms with Crippen molar-refractivity contribution in [2.75, 3.05) is 13.2 Å². The summed E-state index contributed by atoms with van der Waals surface area (Å²) in [5.74, 6) is -1.31. The first-order valence-corrected chi connectivity index (χ1v) is 21.2. The Bertz CT molecular complexity index is 980. The predicted molar refractivity (Wildman–Crippen MR) is 236 cm³/mol. The number of allylic oxidation sites excluding steroid dienone is 6. The van der Waals surface area contributed by atoms with Crippen LogP contribution < -0.4 is 0 Å². The standard InChI is InChI=1S/C20H36O2.C18H34O.C5H5N.C4H6O3.CH4/c1-3-4-5-6-7-8-9-10-11-12-13-14-15-16-17-18-19-22-20(2)21;1-2-3-4-5-6-7-8-9-10-11-12-13-14-15-16-17-18-19;1-2-4-6-5-3-1;1-3(5)7-4(2)6;/h6-7,16-17H,3-5,8-15,18-19H2,1-2H3;5-6,15-16,19H,2-4,7-14,17-18H2,1H3;1-5H;1-2H3;1H4/b7-6-,17-16-;6-5-,16-15-;;;. The first-order valence-electron chi connectivity index (χ1n) is 21.2. The number of hydrogen-bond donors (Lipinski definition) is 1. The van der Waals surface area contributed by atoms with E-state index in [9.17, 15) is 14.4 Å². The van der Waals surface area contributed by atoms with Crippen molar-refractivity contribution in [1.29, 1.82) is 0 Å². The summed E-state index contributed by atoms with van der Waals surface area (Å²) in [5.41, 5.74) is 0. The average Bonchev–Trinajstić information content (AvgIpc) is 3.15. The maximum atomic E-state index is 10.6. The van der Waals surface area contributed by atoms with Gasteiger partial charge < -0.3 is 14.6 Å². The quantitative estimate of drug-likeness (QED) is 0.0374. The molecule has 0 aliphatic carbocycles. The lowest BCUT2D eigenvalue weighted by atomic mass is 10.1. The molecule has 0 amide bonds. The summed E-state index contributed by atoms with van der Waals surface area (Å²) < 4.78 is 8.84. The van der Waals surface area contributed by atoms with Gasteiger partial charge in [0.1, 0.15) is 0 Å². The number of hydrogen-bond acceptors (Lipinski definition) is 7. The van der Waals surface area contributed by atoms with Crippen LogP contribution in [0.4, 0.5) is 0 Å². The predicted octanol–water partition coefficient (Wildman–Crippen LogP) is 14.0. The zero-order valence-corrected chi connectivity index (χ0v) is 35.3. The molecule has 7 heteroatoms. The number of carbonyl (C=O) groups excluding carboxylic acids is 3. The van der Waals surface area contributed by atoms with Crippen LogP contribution in [-0.4, -0.2) is 41.2 Å². The molecule has 1 N–H and O–H groups in total. The highest BCUT2D eigenvalue weighted by Crippen LogP contribution is 2.11. The fourth-order valence-corrected chi connectivity index (χ4v) is 4.91. The Balaban J connectivity index is -0.000000353. The van der Waals surface area contributed by atoms with Crippen molar-refractivity contribution in [1.82, 2.24) is 4.98 Å². The summed E-state index contributed by atoms with van der Waals surface area (Å²) in [5, 5.41) is 8.61. The van der Waals surface area contributed by atoms with E-state index >= 15 is 0 Å². The molecule has 0 saturated heterocycles. The second-order valence-electron chi connectivity index (χ2n) is 13.3. The maximum absolute atomic E-state index is 10.6. The van der Waals surface area contributed by atoms with E-state index in [0.29, 0.717) is 6.61 Å². The third-order valence-corrected chi connectivity index (χ3v) is 7.84. The molecule has 1 rings (SSSR count). The third-order valence-electron chi connectivity index (χ3n) is 7.84. The van der Waals surface area contributed by atoms with Gasteiger partial charge in [0.15, 0.2) is 0 Å². The lowest BCUT2D eigenvalue weighted by Crippen LogP contribution is -2.03. The van der Waals surface area contributed by atoms with Gasteiger partial charge in [0.25, 0.3) is 0 Å². The van der Waals surface area contributed by atoms with E-state index in [1.54, 1.807) is 12.4 Å². The molecule has 0 saturated carbocycles. The Kier molecular flexibility index (Phi) is 58.4. The van der Waals surface area contributed by atoms with Crippen LogP contribution >= 0.6 is 0 Å². The van der Waals surface area contributed by atoms with Crippen LogP contribution in [0.1, 0.15) is 196 Å². The van der Waals surface area contributed by atoms with Crippen LogP contribution in [-0.2, 0) is 23.9 Å². The van der Waals surface area contributed by atoms with Crippen LogP contribution in [0.3, 0.4) is 0 Å². The van der Waals surface area contributed by atoms with Gasteiger partial charge in [0.05, 0.1) is 6.61 Å². The molecule has 0 radical (unpaired) electrons. The number of aromatic nitrogens is 1. The summed E-state index contributed by atoms with van der Waals surface area (Å²) in [4.78, 5) is 34.0. The van der Waals surface area contributed by atoms with E-state index in [-0.39, 0.29) is 20.0 Å². The Hall–Kier alpha value is -3.32. The van der Waals surface area contributed by atoms with Crippen molar-refractivity contribution in [2.45, 2.75) is 196 Å². The lowest BCUT2D eigenvalue weighted by molar-refractivity contribution is -0.156. The van der Waals surface area contributed by atoms with Crippen molar-refractivity contribution in [3.8, 4) is 0 Å². The Morgan fingerprint density at radius 2 is 0.800 bits per heavy atom. The molecule has 318 valence electrons. The van der Waals surface area contributed by atoms with E-state index in [4.69, 9.17) is 9.84 Å². The van der Waals surface area contributed by atoms with Gasteiger partial charge >= 0.3 is 17.9 Å². The van der Waals surface area contributed by atoms with Gasteiger partial charge in [-0.25, -0.2) is 0 Å². The number of nitrogens with zero attached hydrogens (tertiary/aromatic N) is 1. The van der Waals surface area contributed by atoms with Gasteiger partial charge in [0.2, 0.25) is 0 Å². The second-order valence-corrected chi connectivity index (χ2v) is 13.3. The van der Waals surface area contributed by atoms with Gasteiger partial charge in [-0.2, -0.15) is 0 Å². The first kappa shape index (κ1) is 58.4. The second kappa shape index (κ2) is 55.0. The summed E-state index contributed by atoms with van der Waals surface area (Å²) >= 11 is 0. The number of unbranched alkanes of at least 4 members (excludes halogenated alkanes) is 18. The minimum absolute atomic E-state index is 0. The molecular weight excluding hydrogens is 687 g/mol. The molecule has 0 aliphatic heterocycles. The molecule has 1 heterocycles. The summed E-state index contributed by atoms with van der Waals surface area (Å²) in [7, 11) is 0. The summed E-state index contributed by atoms with van der Waals surface area (Å²) in [6.07, 6.45) is 52.1. The fraction of sp³-hybridized carbons (Fsp3) is 0.667. The van der Waals surface area contributed by atoms with Crippen LogP contribution in [0, 0.1) is 0 Å². The highest BCUT2D eigenvalue weighted by Gasteiger charge is 1.94. The molecule has 0 atom stereocenters. The number of aliphatic hydroxyl groups excluding tert-OH is 1. The normalized spacial score (nSPS) is 10.6. The van der Waals surface area contributed by atoms with Crippen LogP contribution in [0.25, 0.3) is 0 Å². The van der Waals surface area contributed by atoms with Gasteiger partial charge in [-0.15, -0.1) is 0 Å². The topological polar surface area (TPSA) is 103 Å². The number of pyridine rings is 1. The van der Waals surface area contributed by atoms with Crippen LogP contribution in [0.5, 0.6) is 0 Å². The Morgan fingerprint density at radius 1 is 0.473 bits per heavy atom. The zero-order valence-electron chi connectivity index (χ0n) is 35.3. The molecule has 0 fully saturated rings. The minimum Gasteiger partial charge on any atom is -0.466 e. The van der Waals surface area contributed by atoms with Crippen LogP contribution in [0.2, 0.25) is 0 Å². The SMILES string of the molecule is C.CC(=O)OC(C)=O.CCCC/C=C\CCCCCCCC/C=C\CCO.CCCC/C=C\CCCCCCCC/C=C\CCOC(C)=O.c1ccncc1. The number of esters is 3. The van der Waals surface area contributed by atoms with Crippen molar-refractivity contribution >= 4 is 17.9 Å². The minimum atomic E-state index is -0.562. The monoisotopic (exact) mass is 772 g/mol. The van der Waals surface area contributed by atoms with E-state index in [1.807, 2.05) is 18.2 Å².